The Morgan fingerprint density at radius 1 is 1.18 bits per heavy atom. The molecular weight excluding hydrogens is 443 g/mol. The summed E-state index contributed by atoms with van der Waals surface area (Å²) in [4.78, 5) is 43.5. The lowest BCUT2D eigenvalue weighted by Gasteiger charge is -2.28. The molecule has 2 aromatic rings. The zero-order valence-electron chi connectivity index (χ0n) is 18.8. The summed E-state index contributed by atoms with van der Waals surface area (Å²) in [5.74, 6) is 0.556. The second kappa shape index (κ2) is 9.02. The molecule has 9 nitrogen and oxygen atoms in total. The molecule has 2 amide bonds. The number of amides is 2. The summed E-state index contributed by atoms with van der Waals surface area (Å²) in [6, 6.07) is 6.58. The minimum atomic E-state index is -0.509. The van der Waals surface area contributed by atoms with E-state index in [9.17, 15) is 18.8 Å². The maximum absolute atomic E-state index is 14.6. The first-order chi connectivity index (χ1) is 16.4. The average molecular weight is 468 g/mol. The number of Topliss-reactive ketones (excluding diaryl/α,β-unsaturated/α-hetero) is 1. The molecule has 1 atom stereocenters. The Morgan fingerprint density at radius 2 is 2.03 bits per heavy atom. The number of rotatable bonds is 6. The van der Waals surface area contributed by atoms with E-state index < -0.39 is 12.2 Å². The van der Waals surface area contributed by atoms with Gasteiger partial charge in [0.2, 0.25) is 5.91 Å². The topological polar surface area (TPSA) is 101 Å². The molecule has 4 heterocycles. The quantitative estimate of drug-likeness (QED) is 0.645. The summed E-state index contributed by atoms with van der Waals surface area (Å²) in [6.07, 6.45) is 0.713. The number of benzene rings is 1. The highest BCUT2D eigenvalue weighted by atomic mass is 19.1. The van der Waals surface area contributed by atoms with Crippen LogP contribution in [0.2, 0.25) is 0 Å². The highest BCUT2D eigenvalue weighted by molar-refractivity contribution is 5.96. The summed E-state index contributed by atoms with van der Waals surface area (Å²) < 4.78 is 25.4. The van der Waals surface area contributed by atoms with Gasteiger partial charge in [-0.3, -0.25) is 14.5 Å². The Balaban J connectivity index is 1.18. The summed E-state index contributed by atoms with van der Waals surface area (Å²) in [7, 11) is 1.68. The summed E-state index contributed by atoms with van der Waals surface area (Å²) in [5.41, 5.74) is 2.67. The number of pyridine rings is 1. The smallest absolute Gasteiger partial charge is 0.415 e. The zero-order valence-corrected chi connectivity index (χ0v) is 18.8. The van der Waals surface area contributed by atoms with Crippen LogP contribution in [0.3, 0.4) is 0 Å². The summed E-state index contributed by atoms with van der Waals surface area (Å²) in [5, 5.41) is 3.23. The number of aryl methyl sites for hydroxylation is 1. The van der Waals surface area contributed by atoms with E-state index >= 15 is 0 Å². The van der Waals surface area contributed by atoms with Crippen molar-refractivity contribution in [2.24, 2.45) is 0 Å². The van der Waals surface area contributed by atoms with E-state index in [0.29, 0.717) is 67.4 Å². The van der Waals surface area contributed by atoms with E-state index in [4.69, 9.17) is 9.47 Å². The van der Waals surface area contributed by atoms with Crippen LogP contribution in [0, 0.1) is 5.82 Å². The predicted octanol–water partition coefficient (Wildman–Crippen LogP) is 1.79. The standard InChI is InChI=1S/C24H25FN4O5/c1-28-22(31)7-3-14-2-4-18(25)17(23(14)28)8-9-26-11-16-12-29(24(32)34-16)21-6-5-20-19(27-21)10-15(30)13-33-20/h2,4-6,16,26H,3,7-13H2,1H3/t16-/m1/s1. The van der Waals surface area contributed by atoms with E-state index in [2.05, 4.69) is 10.3 Å². The highest BCUT2D eigenvalue weighted by Gasteiger charge is 2.34. The molecule has 1 saturated heterocycles. The number of carbonyl (C=O) groups is 3. The molecule has 0 saturated carbocycles. The lowest BCUT2D eigenvalue weighted by Crippen LogP contribution is -2.34. The van der Waals surface area contributed by atoms with Crippen LogP contribution < -0.4 is 19.9 Å². The molecule has 0 aliphatic carbocycles. The number of hydrogen-bond acceptors (Lipinski definition) is 7. The second-order valence-corrected chi connectivity index (χ2v) is 8.68. The number of hydrogen-bond donors (Lipinski definition) is 1. The predicted molar refractivity (Wildman–Crippen MR) is 121 cm³/mol. The molecule has 3 aliphatic rings. The Labute approximate surface area is 195 Å². The Hall–Kier alpha value is -3.53. The fraction of sp³-hybridized carbons (Fsp3) is 0.417. The molecule has 1 N–H and O–H groups in total. The number of aromatic nitrogens is 1. The van der Waals surface area contributed by atoms with Crippen molar-refractivity contribution in [2.75, 3.05) is 43.1 Å². The average Bonchev–Trinajstić information content (AvgIpc) is 3.20. The van der Waals surface area contributed by atoms with Gasteiger partial charge in [0.15, 0.2) is 5.78 Å². The zero-order chi connectivity index (χ0) is 23.8. The van der Waals surface area contributed by atoms with Crippen molar-refractivity contribution in [1.82, 2.24) is 10.3 Å². The monoisotopic (exact) mass is 468 g/mol. The molecule has 34 heavy (non-hydrogen) atoms. The van der Waals surface area contributed by atoms with Gasteiger partial charge in [0.05, 0.1) is 24.3 Å². The fourth-order valence-corrected chi connectivity index (χ4v) is 4.62. The molecule has 5 rings (SSSR count). The van der Waals surface area contributed by atoms with Gasteiger partial charge in [-0.05, 0) is 43.1 Å². The van der Waals surface area contributed by atoms with E-state index in [1.165, 1.54) is 15.9 Å². The third-order valence-electron chi connectivity index (χ3n) is 6.37. The van der Waals surface area contributed by atoms with E-state index in [0.717, 1.165) is 5.56 Å². The Bertz CT molecular complexity index is 1170. The molecule has 1 aromatic heterocycles. The van der Waals surface area contributed by atoms with Gasteiger partial charge < -0.3 is 19.7 Å². The van der Waals surface area contributed by atoms with Crippen molar-refractivity contribution in [3.8, 4) is 5.75 Å². The van der Waals surface area contributed by atoms with Crippen LogP contribution >= 0.6 is 0 Å². The van der Waals surface area contributed by atoms with Gasteiger partial charge in [-0.25, -0.2) is 14.2 Å². The van der Waals surface area contributed by atoms with E-state index in [-0.39, 0.29) is 30.5 Å². The van der Waals surface area contributed by atoms with Crippen LogP contribution in [0.1, 0.15) is 23.2 Å². The number of ether oxygens (including phenoxy) is 2. The van der Waals surface area contributed by atoms with Gasteiger partial charge in [0.25, 0.3) is 0 Å². The maximum atomic E-state index is 14.6. The van der Waals surface area contributed by atoms with Crippen LogP contribution in [0.25, 0.3) is 0 Å². The number of fused-ring (bicyclic) bond motifs is 2. The molecule has 1 aromatic carbocycles. The minimum Gasteiger partial charge on any atom is -0.484 e. The number of nitrogens with one attached hydrogen (secondary N) is 1. The van der Waals surface area contributed by atoms with Crippen molar-refractivity contribution in [3.63, 3.8) is 0 Å². The van der Waals surface area contributed by atoms with Crippen LogP contribution in [0.5, 0.6) is 5.75 Å². The number of ketones is 1. The van der Waals surface area contributed by atoms with Crippen LogP contribution in [-0.4, -0.2) is 62.2 Å². The molecular formula is C24H25FN4O5. The number of halogens is 1. The van der Waals surface area contributed by atoms with Crippen LogP contribution in [0.15, 0.2) is 24.3 Å². The lowest BCUT2D eigenvalue weighted by atomic mass is 9.95. The largest absolute Gasteiger partial charge is 0.484 e. The first kappa shape index (κ1) is 22.3. The van der Waals surface area contributed by atoms with Gasteiger partial charge in [0.1, 0.15) is 30.1 Å². The maximum Gasteiger partial charge on any atom is 0.415 e. The minimum absolute atomic E-state index is 0.0167. The molecule has 1 fully saturated rings. The second-order valence-electron chi connectivity index (χ2n) is 8.68. The van der Waals surface area contributed by atoms with Gasteiger partial charge in [-0.2, -0.15) is 0 Å². The fourth-order valence-electron chi connectivity index (χ4n) is 4.62. The molecule has 0 unspecified atom stereocenters. The van der Waals surface area contributed by atoms with Crippen molar-refractivity contribution < 1.29 is 28.2 Å². The van der Waals surface area contributed by atoms with Crippen molar-refractivity contribution in [3.05, 3.63) is 46.9 Å². The molecule has 178 valence electrons. The molecule has 0 radical (unpaired) electrons. The highest BCUT2D eigenvalue weighted by Crippen LogP contribution is 2.32. The van der Waals surface area contributed by atoms with Gasteiger partial charge in [-0.15, -0.1) is 0 Å². The van der Waals surface area contributed by atoms with Crippen molar-refractivity contribution >= 4 is 29.3 Å². The van der Waals surface area contributed by atoms with Crippen molar-refractivity contribution in [1.29, 1.82) is 0 Å². The lowest BCUT2D eigenvalue weighted by molar-refractivity contribution is -0.121. The molecule has 3 aliphatic heterocycles. The summed E-state index contributed by atoms with van der Waals surface area (Å²) >= 11 is 0. The van der Waals surface area contributed by atoms with E-state index in [1.54, 1.807) is 25.2 Å². The normalized spacial score (nSPS) is 19.6. The van der Waals surface area contributed by atoms with Gasteiger partial charge in [0, 0.05) is 25.6 Å². The molecule has 0 spiro atoms. The Morgan fingerprint density at radius 3 is 2.88 bits per heavy atom. The first-order valence-corrected chi connectivity index (χ1v) is 11.3. The third kappa shape index (κ3) is 4.21. The van der Waals surface area contributed by atoms with Gasteiger partial charge in [-0.1, -0.05) is 6.07 Å². The summed E-state index contributed by atoms with van der Waals surface area (Å²) in [6.45, 7) is 1.19. The van der Waals surface area contributed by atoms with Gasteiger partial charge >= 0.3 is 6.09 Å². The Kier molecular flexibility index (Phi) is 5.91. The van der Waals surface area contributed by atoms with E-state index in [1.807, 2.05) is 0 Å². The number of nitrogens with zero attached hydrogens (tertiary/aromatic N) is 3. The number of anilines is 2. The molecule has 10 heteroatoms. The molecule has 0 bridgehead atoms. The number of carbonyl (C=O) groups excluding carboxylic acids is 3. The van der Waals surface area contributed by atoms with Crippen LogP contribution in [-0.2, 0) is 33.6 Å². The van der Waals surface area contributed by atoms with Crippen LogP contribution in [0.4, 0.5) is 20.7 Å². The van der Waals surface area contributed by atoms with Crippen molar-refractivity contribution in [2.45, 2.75) is 31.8 Å². The first-order valence-electron chi connectivity index (χ1n) is 11.3. The third-order valence-corrected chi connectivity index (χ3v) is 6.37. The number of cyclic esters (lactones) is 1. The SMILES string of the molecule is CN1C(=O)CCc2ccc(F)c(CCNC[C@@H]3CN(c4ccc5c(n4)CC(=O)CO5)C(=O)O3)c21.